The molecule has 3 aromatic rings. The Bertz CT molecular complexity index is 681. The van der Waals surface area contributed by atoms with Crippen molar-refractivity contribution in [2.75, 3.05) is 7.05 Å². The monoisotopic (exact) mass is 257 g/mol. The minimum absolute atomic E-state index is 0.829. The molecule has 0 aliphatic rings. The van der Waals surface area contributed by atoms with Crippen LogP contribution in [0.15, 0.2) is 35.8 Å². The summed E-state index contributed by atoms with van der Waals surface area (Å²) < 4.78 is 3.27. The van der Waals surface area contributed by atoms with E-state index in [2.05, 4.69) is 40.1 Å². The van der Waals surface area contributed by atoms with Gasteiger partial charge in [-0.15, -0.1) is 11.3 Å². The van der Waals surface area contributed by atoms with Crippen LogP contribution in [-0.2, 0) is 13.6 Å². The van der Waals surface area contributed by atoms with Crippen molar-refractivity contribution in [3.8, 4) is 11.1 Å². The van der Waals surface area contributed by atoms with Gasteiger partial charge in [0.2, 0.25) is 0 Å². The van der Waals surface area contributed by atoms with Crippen molar-refractivity contribution in [2.24, 2.45) is 7.05 Å². The lowest BCUT2D eigenvalue weighted by molar-refractivity contribution is 0.673. The van der Waals surface area contributed by atoms with Crippen LogP contribution in [0.25, 0.3) is 21.2 Å². The quantitative estimate of drug-likeness (QED) is 0.781. The smallest absolute Gasteiger partial charge is 0.0597 e. The molecule has 0 bridgehead atoms. The van der Waals surface area contributed by atoms with E-state index in [0.29, 0.717) is 0 Å². The van der Waals surface area contributed by atoms with Gasteiger partial charge in [0.05, 0.1) is 11.9 Å². The zero-order valence-corrected chi connectivity index (χ0v) is 11.3. The third-order valence-electron chi connectivity index (χ3n) is 3.18. The summed E-state index contributed by atoms with van der Waals surface area (Å²) in [5.41, 5.74) is 3.74. The molecule has 18 heavy (non-hydrogen) atoms. The number of benzene rings is 1. The lowest BCUT2D eigenvalue weighted by atomic mass is 10.1. The van der Waals surface area contributed by atoms with Crippen LogP contribution < -0.4 is 5.32 Å². The van der Waals surface area contributed by atoms with E-state index in [0.717, 1.165) is 6.54 Å². The number of rotatable bonds is 3. The molecule has 0 amide bonds. The molecule has 3 rings (SSSR count). The average molecular weight is 257 g/mol. The van der Waals surface area contributed by atoms with Crippen molar-refractivity contribution in [1.82, 2.24) is 15.1 Å². The maximum absolute atomic E-state index is 4.38. The molecule has 0 unspecified atom stereocenters. The summed E-state index contributed by atoms with van der Waals surface area (Å²) in [5, 5.41) is 11.1. The molecule has 1 aromatic carbocycles. The van der Waals surface area contributed by atoms with Gasteiger partial charge in [0.1, 0.15) is 0 Å². The van der Waals surface area contributed by atoms with E-state index in [4.69, 9.17) is 0 Å². The standard InChI is InChI=1S/C14H15N3S/c1-15-8-13-11(7-16-17(13)2)12-9-18-14-6-4-3-5-10(12)14/h3-7,9,15H,8H2,1-2H3. The van der Waals surface area contributed by atoms with Crippen LogP contribution in [0.4, 0.5) is 0 Å². The third-order valence-corrected chi connectivity index (χ3v) is 4.14. The van der Waals surface area contributed by atoms with Crippen LogP contribution in [0.1, 0.15) is 5.69 Å². The highest BCUT2D eigenvalue weighted by Gasteiger charge is 2.13. The topological polar surface area (TPSA) is 29.9 Å². The summed E-state index contributed by atoms with van der Waals surface area (Å²) >= 11 is 1.79. The number of nitrogens with one attached hydrogen (secondary N) is 1. The second-order valence-corrected chi connectivity index (χ2v) is 5.22. The molecule has 0 atom stereocenters. The van der Waals surface area contributed by atoms with Crippen molar-refractivity contribution >= 4 is 21.4 Å². The highest BCUT2D eigenvalue weighted by atomic mass is 32.1. The van der Waals surface area contributed by atoms with Crippen LogP contribution in [0, 0.1) is 0 Å². The lowest BCUT2D eigenvalue weighted by Crippen LogP contribution is -2.10. The van der Waals surface area contributed by atoms with Gasteiger partial charge in [-0.2, -0.15) is 5.10 Å². The van der Waals surface area contributed by atoms with E-state index in [-0.39, 0.29) is 0 Å². The molecule has 0 saturated heterocycles. The molecular formula is C14H15N3S. The van der Waals surface area contributed by atoms with Crippen LogP contribution >= 0.6 is 11.3 Å². The van der Waals surface area contributed by atoms with Crippen LogP contribution in [0.2, 0.25) is 0 Å². The van der Waals surface area contributed by atoms with E-state index < -0.39 is 0 Å². The Labute approximate surface area is 110 Å². The normalized spacial score (nSPS) is 11.2. The van der Waals surface area contributed by atoms with Gasteiger partial charge in [-0.25, -0.2) is 0 Å². The first-order valence-corrected chi connectivity index (χ1v) is 6.81. The molecule has 0 radical (unpaired) electrons. The van der Waals surface area contributed by atoms with Crippen molar-refractivity contribution in [1.29, 1.82) is 0 Å². The SMILES string of the molecule is CNCc1c(-c2csc3ccccc23)cnn1C. The van der Waals surface area contributed by atoms with Gasteiger partial charge in [0.25, 0.3) is 0 Å². The van der Waals surface area contributed by atoms with E-state index in [1.54, 1.807) is 11.3 Å². The van der Waals surface area contributed by atoms with Crippen LogP contribution in [0.3, 0.4) is 0 Å². The number of hydrogen-bond donors (Lipinski definition) is 1. The summed E-state index contributed by atoms with van der Waals surface area (Å²) in [7, 11) is 3.95. The number of thiophene rings is 1. The Balaban J connectivity index is 2.20. The first-order chi connectivity index (χ1) is 8.81. The molecule has 4 heteroatoms. The maximum Gasteiger partial charge on any atom is 0.0597 e. The van der Waals surface area contributed by atoms with E-state index in [1.807, 2.05) is 25.0 Å². The van der Waals surface area contributed by atoms with Gasteiger partial charge < -0.3 is 5.32 Å². The Hall–Kier alpha value is -1.65. The fourth-order valence-electron chi connectivity index (χ4n) is 2.25. The summed E-state index contributed by atoms with van der Waals surface area (Å²) in [6.07, 6.45) is 1.96. The predicted molar refractivity (Wildman–Crippen MR) is 76.8 cm³/mol. The fourth-order valence-corrected chi connectivity index (χ4v) is 3.21. The highest BCUT2D eigenvalue weighted by Crippen LogP contribution is 2.35. The first kappa shape index (κ1) is 11.4. The molecule has 1 N–H and O–H groups in total. The van der Waals surface area contributed by atoms with E-state index in [1.165, 1.54) is 26.9 Å². The molecule has 2 heterocycles. The second kappa shape index (κ2) is 4.55. The summed E-state index contributed by atoms with van der Waals surface area (Å²) in [4.78, 5) is 0. The minimum Gasteiger partial charge on any atom is -0.314 e. The third kappa shape index (κ3) is 1.74. The van der Waals surface area contributed by atoms with E-state index in [9.17, 15) is 0 Å². The lowest BCUT2D eigenvalue weighted by Gasteiger charge is -2.04. The Morgan fingerprint density at radius 1 is 1.28 bits per heavy atom. The fraction of sp³-hybridized carbons (Fsp3) is 0.214. The Morgan fingerprint density at radius 2 is 2.11 bits per heavy atom. The molecule has 0 aliphatic heterocycles. The summed E-state index contributed by atoms with van der Waals surface area (Å²) in [6.45, 7) is 0.829. The van der Waals surface area contributed by atoms with Gasteiger partial charge in [-0.3, -0.25) is 4.68 Å². The van der Waals surface area contributed by atoms with Crippen molar-refractivity contribution in [3.05, 3.63) is 41.5 Å². The molecule has 92 valence electrons. The van der Waals surface area contributed by atoms with Crippen molar-refractivity contribution in [2.45, 2.75) is 6.54 Å². The summed E-state index contributed by atoms with van der Waals surface area (Å²) in [6, 6.07) is 8.52. The van der Waals surface area contributed by atoms with Crippen LogP contribution in [0.5, 0.6) is 0 Å². The van der Waals surface area contributed by atoms with E-state index >= 15 is 0 Å². The Kier molecular flexibility index (Phi) is 2.89. The van der Waals surface area contributed by atoms with Crippen molar-refractivity contribution < 1.29 is 0 Å². The molecule has 0 fully saturated rings. The molecule has 0 spiro atoms. The number of hydrogen-bond acceptors (Lipinski definition) is 3. The molecule has 0 saturated carbocycles. The van der Waals surface area contributed by atoms with Gasteiger partial charge in [0.15, 0.2) is 0 Å². The number of aryl methyl sites for hydroxylation is 1. The van der Waals surface area contributed by atoms with Gasteiger partial charge in [-0.1, -0.05) is 18.2 Å². The zero-order chi connectivity index (χ0) is 12.5. The number of aromatic nitrogens is 2. The first-order valence-electron chi connectivity index (χ1n) is 5.93. The molecule has 2 aromatic heterocycles. The summed E-state index contributed by atoms with van der Waals surface area (Å²) in [5.74, 6) is 0. The molecular weight excluding hydrogens is 242 g/mol. The van der Waals surface area contributed by atoms with Gasteiger partial charge in [0, 0.05) is 34.8 Å². The van der Waals surface area contributed by atoms with Gasteiger partial charge in [-0.05, 0) is 18.5 Å². The van der Waals surface area contributed by atoms with Gasteiger partial charge >= 0.3 is 0 Å². The average Bonchev–Trinajstić information content (AvgIpc) is 2.95. The Morgan fingerprint density at radius 3 is 2.94 bits per heavy atom. The molecule has 3 nitrogen and oxygen atoms in total. The molecule has 0 aliphatic carbocycles. The highest BCUT2D eigenvalue weighted by molar-refractivity contribution is 7.17. The number of fused-ring (bicyclic) bond motifs is 1. The van der Waals surface area contributed by atoms with Crippen molar-refractivity contribution in [3.63, 3.8) is 0 Å². The number of nitrogens with zero attached hydrogens (tertiary/aromatic N) is 2. The van der Waals surface area contributed by atoms with Crippen LogP contribution in [-0.4, -0.2) is 16.8 Å². The minimum atomic E-state index is 0.829. The predicted octanol–water partition coefficient (Wildman–Crippen LogP) is 3.02. The largest absolute Gasteiger partial charge is 0.314 e. The second-order valence-electron chi connectivity index (χ2n) is 4.30. The maximum atomic E-state index is 4.38. The zero-order valence-electron chi connectivity index (χ0n) is 10.5.